The molecule has 6 heteroatoms. The number of carbonyl (C=O) groups is 2. The first-order chi connectivity index (χ1) is 13.5. The third-order valence-corrected chi connectivity index (χ3v) is 5.96. The molecule has 0 saturated carbocycles. The van der Waals surface area contributed by atoms with E-state index in [9.17, 15) is 14.7 Å². The number of fused-ring (bicyclic) bond motifs is 3. The lowest BCUT2D eigenvalue weighted by Gasteiger charge is -2.30. The van der Waals surface area contributed by atoms with E-state index in [-0.39, 0.29) is 31.6 Å². The van der Waals surface area contributed by atoms with Crippen molar-refractivity contribution in [1.29, 1.82) is 0 Å². The van der Waals surface area contributed by atoms with Gasteiger partial charge in [0.05, 0.1) is 12.6 Å². The highest BCUT2D eigenvalue weighted by molar-refractivity contribution is 5.85. The number of carboxylic acid groups (broad SMARTS) is 1. The SMILES string of the molecule is COC1CN(C(=O)OCC2c3ccccc3-c3ccccc32)C(C)(C(=O)O)C1. The largest absolute Gasteiger partial charge is 0.480 e. The number of amides is 1. The molecule has 6 nitrogen and oxygen atoms in total. The number of nitrogens with zero attached hydrogens (tertiary/aromatic N) is 1. The van der Waals surface area contributed by atoms with Crippen molar-refractivity contribution < 1.29 is 24.2 Å². The van der Waals surface area contributed by atoms with Crippen LogP contribution in [0.25, 0.3) is 11.1 Å². The van der Waals surface area contributed by atoms with Gasteiger partial charge in [-0.25, -0.2) is 9.59 Å². The average molecular weight is 381 g/mol. The van der Waals surface area contributed by atoms with Gasteiger partial charge in [-0.05, 0) is 29.2 Å². The van der Waals surface area contributed by atoms with Crippen molar-refractivity contribution >= 4 is 12.1 Å². The second-order valence-electron chi connectivity index (χ2n) is 7.56. The van der Waals surface area contributed by atoms with Gasteiger partial charge in [-0.3, -0.25) is 4.90 Å². The lowest BCUT2D eigenvalue weighted by atomic mass is 9.98. The van der Waals surface area contributed by atoms with Gasteiger partial charge >= 0.3 is 12.1 Å². The zero-order valence-corrected chi connectivity index (χ0v) is 15.9. The number of rotatable bonds is 4. The molecule has 1 N–H and O–H groups in total. The standard InChI is InChI=1S/C22H23NO5/c1-22(20(24)25)11-14(27-2)12-23(22)21(26)28-13-19-17-9-5-3-7-15(17)16-8-4-6-10-18(16)19/h3-10,14,19H,11-13H2,1-2H3,(H,24,25). The Balaban J connectivity index is 1.55. The van der Waals surface area contributed by atoms with Crippen LogP contribution in [0, 0.1) is 0 Å². The molecule has 2 atom stereocenters. The van der Waals surface area contributed by atoms with E-state index < -0.39 is 17.6 Å². The Bertz CT molecular complexity index is 881. The molecule has 0 bridgehead atoms. The third kappa shape index (κ3) is 2.85. The number of carbonyl (C=O) groups excluding carboxylic acids is 1. The van der Waals surface area contributed by atoms with Crippen LogP contribution >= 0.6 is 0 Å². The van der Waals surface area contributed by atoms with E-state index >= 15 is 0 Å². The molecule has 1 saturated heterocycles. The van der Waals surface area contributed by atoms with Crippen LogP contribution in [0.1, 0.15) is 30.4 Å². The monoisotopic (exact) mass is 381 g/mol. The summed E-state index contributed by atoms with van der Waals surface area (Å²) in [7, 11) is 1.52. The second-order valence-corrected chi connectivity index (χ2v) is 7.56. The van der Waals surface area contributed by atoms with E-state index in [2.05, 4.69) is 12.1 Å². The van der Waals surface area contributed by atoms with Gasteiger partial charge < -0.3 is 14.6 Å². The molecule has 4 rings (SSSR count). The van der Waals surface area contributed by atoms with Gasteiger partial charge in [0.1, 0.15) is 12.1 Å². The van der Waals surface area contributed by atoms with Crippen LogP contribution < -0.4 is 0 Å². The fourth-order valence-electron chi connectivity index (χ4n) is 4.33. The highest BCUT2D eigenvalue weighted by atomic mass is 16.6. The molecule has 1 heterocycles. The molecule has 1 fully saturated rings. The van der Waals surface area contributed by atoms with Gasteiger partial charge in [0.15, 0.2) is 0 Å². The molecule has 2 aromatic rings. The van der Waals surface area contributed by atoms with E-state index in [1.165, 1.54) is 18.9 Å². The van der Waals surface area contributed by atoms with Gasteiger partial charge in [0.25, 0.3) is 0 Å². The Kier molecular flexibility index (Phi) is 4.59. The van der Waals surface area contributed by atoms with Crippen molar-refractivity contribution in [3.8, 4) is 11.1 Å². The van der Waals surface area contributed by atoms with Crippen molar-refractivity contribution in [2.24, 2.45) is 0 Å². The van der Waals surface area contributed by atoms with Crippen LogP contribution in [0.2, 0.25) is 0 Å². The summed E-state index contributed by atoms with van der Waals surface area (Å²) in [4.78, 5) is 25.8. The summed E-state index contributed by atoms with van der Waals surface area (Å²) < 4.78 is 10.9. The van der Waals surface area contributed by atoms with E-state index in [0.717, 1.165) is 22.3 Å². The molecule has 1 amide bonds. The first kappa shape index (κ1) is 18.5. The Morgan fingerprint density at radius 1 is 1.11 bits per heavy atom. The van der Waals surface area contributed by atoms with Crippen LogP contribution in [-0.4, -0.2) is 54.0 Å². The van der Waals surface area contributed by atoms with E-state index in [0.29, 0.717) is 0 Å². The number of methoxy groups -OCH3 is 1. The van der Waals surface area contributed by atoms with Gasteiger partial charge in [0, 0.05) is 19.4 Å². The van der Waals surface area contributed by atoms with Crippen molar-refractivity contribution in [2.45, 2.75) is 30.9 Å². The van der Waals surface area contributed by atoms with E-state index in [1.54, 1.807) is 0 Å². The summed E-state index contributed by atoms with van der Waals surface area (Å²) in [6.45, 7) is 1.91. The van der Waals surface area contributed by atoms with Gasteiger partial charge in [-0.1, -0.05) is 48.5 Å². The third-order valence-electron chi connectivity index (χ3n) is 5.96. The summed E-state index contributed by atoms with van der Waals surface area (Å²) in [5, 5.41) is 9.64. The van der Waals surface area contributed by atoms with Gasteiger partial charge in [-0.15, -0.1) is 0 Å². The lowest BCUT2D eigenvalue weighted by Crippen LogP contribution is -2.51. The highest BCUT2D eigenvalue weighted by Gasteiger charge is 2.51. The molecule has 2 aliphatic rings. The van der Waals surface area contributed by atoms with Crippen LogP contribution in [0.15, 0.2) is 48.5 Å². The first-order valence-electron chi connectivity index (χ1n) is 9.34. The lowest BCUT2D eigenvalue weighted by molar-refractivity contribution is -0.147. The molecule has 0 aromatic heterocycles. The van der Waals surface area contributed by atoms with E-state index in [1.807, 2.05) is 36.4 Å². The molecular weight excluding hydrogens is 358 g/mol. The van der Waals surface area contributed by atoms with Crippen molar-refractivity contribution in [3.05, 3.63) is 59.7 Å². The number of likely N-dealkylation sites (tertiary alicyclic amines) is 1. The molecule has 2 aromatic carbocycles. The van der Waals surface area contributed by atoms with Crippen molar-refractivity contribution in [1.82, 2.24) is 4.90 Å². The zero-order chi connectivity index (χ0) is 19.9. The molecule has 2 unspecified atom stereocenters. The number of ether oxygens (including phenoxy) is 2. The summed E-state index contributed by atoms with van der Waals surface area (Å²) in [5.74, 6) is -1.12. The predicted octanol–water partition coefficient (Wildman–Crippen LogP) is 3.50. The number of hydrogen-bond acceptors (Lipinski definition) is 4. The first-order valence-corrected chi connectivity index (χ1v) is 9.34. The minimum Gasteiger partial charge on any atom is -0.480 e. The van der Waals surface area contributed by atoms with E-state index in [4.69, 9.17) is 9.47 Å². The number of benzene rings is 2. The number of aliphatic carboxylic acids is 1. The maximum absolute atomic E-state index is 12.8. The number of hydrogen-bond donors (Lipinski definition) is 1. The molecular formula is C22H23NO5. The molecule has 0 spiro atoms. The quantitative estimate of drug-likeness (QED) is 0.877. The van der Waals surface area contributed by atoms with Gasteiger partial charge in [-0.2, -0.15) is 0 Å². The van der Waals surface area contributed by atoms with Crippen LogP contribution in [-0.2, 0) is 14.3 Å². The molecule has 146 valence electrons. The fourth-order valence-corrected chi connectivity index (χ4v) is 4.33. The predicted molar refractivity (Wildman–Crippen MR) is 103 cm³/mol. The van der Waals surface area contributed by atoms with Crippen LogP contribution in [0.3, 0.4) is 0 Å². The fraction of sp³-hybridized carbons (Fsp3) is 0.364. The Labute approximate surface area is 163 Å². The minimum atomic E-state index is -1.33. The normalized spacial score (nSPS) is 23.4. The number of carboxylic acids is 1. The Morgan fingerprint density at radius 2 is 1.68 bits per heavy atom. The summed E-state index contributed by atoms with van der Waals surface area (Å²) in [6, 6.07) is 16.2. The minimum absolute atomic E-state index is 0.0618. The van der Waals surface area contributed by atoms with Crippen LogP contribution in [0.5, 0.6) is 0 Å². The zero-order valence-electron chi connectivity index (χ0n) is 15.9. The second kappa shape index (κ2) is 6.95. The van der Waals surface area contributed by atoms with Crippen LogP contribution in [0.4, 0.5) is 4.79 Å². The van der Waals surface area contributed by atoms with Gasteiger partial charge in [0.2, 0.25) is 0 Å². The maximum Gasteiger partial charge on any atom is 0.410 e. The smallest absolute Gasteiger partial charge is 0.410 e. The summed E-state index contributed by atoms with van der Waals surface area (Å²) in [6.07, 6.45) is -0.698. The molecule has 1 aliphatic carbocycles. The summed E-state index contributed by atoms with van der Waals surface area (Å²) >= 11 is 0. The maximum atomic E-state index is 12.8. The summed E-state index contributed by atoms with van der Waals surface area (Å²) in [5.41, 5.74) is 3.20. The molecule has 28 heavy (non-hydrogen) atoms. The van der Waals surface area contributed by atoms with Crippen molar-refractivity contribution in [2.75, 3.05) is 20.3 Å². The Hall–Kier alpha value is -2.86. The molecule has 0 radical (unpaired) electrons. The van der Waals surface area contributed by atoms with Crippen molar-refractivity contribution in [3.63, 3.8) is 0 Å². The average Bonchev–Trinajstić information content (AvgIpc) is 3.22. The topological polar surface area (TPSA) is 76.1 Å². The Morgan fingerprint density at radius 3 is 2.21 bits per heavy atom. The molecule has 1 aliphatic heterocycles. The highest BCUT2D eigenvalue weighted by Crippen LogP contribution is 2.44.